The molecule has 0 atom stereocenters. The molecule has 264 valence electrons. The number of hydrogen-bond donors (Lipinski definition) is 2. The largest absolute Gasteiger partial charge is 0.392 e. The van der Waals surface area contributed by atoms with Crippen molar-refractivity contribution in [2.45, 2.75) is 52.8 Å². The molecule has 0 bridgehead atoms. The Morgan fingerprint density at radius 2 is 1.92 bits per heavy atom. The maximum atomic E-state index is 15.1. The number of amides is 1. The van der Waals surface area contributed by atoms with Crippen LogP contribution < -0.4 is 20.7 Å². The Morgan fingerprint density at radius 1 is 1.14 bits per heavy atom. The first-order valence-electron chi connectivity index (χ1n) is 17.2. The number of nitrogens with one attached hydrogen (secondary N) is 1. The fraction of sp³-hybridized carbons (Fsp3) is 0.459. The monoisotopic (exact) mass is 684 g/mol. The summed E-state index contributed by atoms with van der Waals surface area (Å²) in [7, 11) is 1.67. The first-order valence-corrected chi connectivity index (χ1v) is 17.2. The summed E-state index contributed by atoms with van der Waals surface area (Å²) in [5, 5.41) is 13.8. The molecule has 2 aliphatic heterocycles. The molecule has 6 heterocycles. The van der Waals surface area contributed by atoms with Crippen LogP contribution in [0, 0.1) is 18.2 Å². The summed E-state index contributed by atoms with van der Waals surface area (Å²) in [4.78, 5) is 41.0. The lowest BCUT2D eigenvalue weighted by atomic mass is 9.90. The third-order valence-corrected chi connectivity index (χ3v) is 10.4. The van der Waals surface area contributed by atoms with E-state index >= 15 is 4.39 Å². The highest BCUT2D eigenvalue weighted by Gasteiger charge is 2.35. The van der Waals surface area contributed by atoms with Gasteiger partial charge in [0.25, 0.3) is 5.56 Å². The van der Waals surface area contributed by atoms with Gasteiger partial charge in [0.05, 0.1) is 43.4 Å². The van der Waals surface area contributed by atoms with Gasteiger partial charge in [-0.25, -0.2) is 14.4 Å². The quantitative estimate of drug-likeness (QED) is 0.228. The van der Waals surface area contributed by atoms with Gasteiger partial charge in [-0.1, -0.05) is 13.8 Å². The summed E-state index contributed by atoms with van der Waals surface area (Å²) in [6.45, 7) is 11.7. The van der Waals surface area contributed by atoms with Crippen LogP contribution in [0.2, 0.25) is 0 Å². The van der Waals surface area contributed by atoms with Crippen molar-refractivity contribution >= 4 is 29.4 Å². The normalized spacial score (nSPS) is 17.4. The Morgan fingerprint density at radius 3 is 2.58 bits per heavy atom. The van der Waals surface area contributed by atoms with Crippen molar-refractivity contribution in [2.75, 3.05) is 61.1 Å². The van der Waals surface area contributed by atoms with Crippen LogP contribution in [0.4, 0.5) is 27.4 Å². The predicted molar refractivity (Wildman–Crippen MR) is 190 cm³/mol. The van der Waals surface area contributed by atoms with E-state index in [0.29, 0.717) is 65.1 Å². The van der Waals surface area contributed by atoms with Crippen LogP contribution in [0.5, 0.6) is 0 Å². The molecule has 0 saturated carbocycles. The van der Waals surface area contributed by atoms with Crippen molar-refractivity contribution in [1.29, 1.82) is 0 Å². The zero-order valence-corrected chi connectivity index (χ0v) is 29.2. The number of halogens is 1. The van der Waals surface area contributed by atoms with E-state index in [0.717, 1.165) is 62.8 Å². The molecule has 50 heavy (non-hydrogen) atoms. The summed E-state index contributed by atoms with van der Waals surface area (Å²) in [5.74, 6) is 0.674. The van der Waals surface area contributed by atoms with Gasteiger partial charge in [-0.3, -0.25) is 19.4 Å². The molecule has 3 aliphatic rings. The Bertz CT molecular complexity index is 1940. The molecule has 0 aromatic carbocycles. The molecule has 0 unspecified atom stereocenters. The lowest BCUT2D eigenvalue weighted by Gasteiger charge is -2.43. The van der Waals surface area contributed by atoms with Crippen molar-refractivity contribution in [3.63, 3.8) is 0 Å². The van der Waals surface area contributed by atoms with E-state index in [1.54, 1.807) is 38.5 Å². The van der Waals surface area contributed by atoms with Gasteiger partial charge >= 0.3 is 0 Å². The average molecular weight is 685 g/mol. The average Bonchev–Trinajstić information content (AvgIpc) is 3.52. The van der Waals surface area contributed by atoms with E-state index in [-0.39, 0.29) is 29.9 Å². The van der Waals surface area contributed by atoms with E-state index < -0.39 is 0 Å². The molecule has 1 aliphatic carbocycles. The van der Waals surface area contributed by atoms with E-state index in [9.17, 15) is 14.7 Å². The maximum Gasteiger partial charge on any atom is 0.274 e. The van der Waals surface area contributed by atoms with Crippen LogP contribution in [0.15, 0.2) is 47.7 Å². The van der Waals surface area contributed by atoms with Gasteiger partial charge in [0, 0.05) is 81.1 Å². The van der Waals surface area contributed by atoms with Crippen LogP contribution in [0.25, 0.3) is 11.1 Å². The van der Waals surface area contributed by atoms with Crippen LogP contribution in [-0.2, 0) is 42.6 Å². The van der Waals surface area contributed by atoms with Gasteiger partial charge < -0.3 is 29.2 Å². The number of pyridine rings is 3. The smallest absolute Gasteiger partial charge is 0.274 e. The summed E-state index contributed by atoms with van der Waals surface area (Å²) >= 11 is 0. The zero-order valence-electron chi connectivity index (χ0n) is 29.2. The molecule has 12 nitrogen and oxygen atoms in total. The predicted octanol–water partition coefficient (Wildman–Crippen LogP) is 3.64. The molecule has 7 rings (SSSR count). The minimum Gasteiger partial charge on any atom is -0.392 e. The van der Waals surface area contributed by atoms with Crippen LogP contribution in [0.1, 0.15) is 36.4 Å². The number of carbonyl (C=O) groups is 1. The molecule has 0 spiro atoms. The number of nitrogens with zero attached hydrogens (tertiary/aromatic N) is 7. The number of aryl methyl sites for hydroxylation is 1. The number of carbonyl (C=O) groups excluding carboxylic acids is 1. The fourth-order valence-corrected chi connectivity index (χ4v) is 7.59. The highest BCUT2D eigenvalue weighted by Crippen LogP contribution is 2.40. The number of hydrogen-bond acceptors (Lipinski definition) is 9. The minimum absolute atomic E-state index is 0.0182. The van der Waals surface area contributed by atoms with E-state index in [4.69, 9.17) is 4.74 Å². The van der Waals surface area contributed by atoms with Gasteiger partial charge in [-0.2, -0.15) is 0 Å². The highest BCUT2D eigenvalue weighted by atomic mass is 19.1. The number of fused-ring (bicyclic) bond motifs is 1. The number of piperazine rings is 1. The minimum atomic E-state index is -0.388. The van der Waals surface area contributed by atoms with Crippen LogP contribution >= 0.6 is 0 Å². The summed E-state index contributed by atoms with van der Waals surface area (Å²) in [6, 6.07) is 7.90. The van der Waals surface area contributed by atoms with Crippen LogP contribution in [0.3, 0.4) is 0 Å². The van der Waals surface area contributed by atoms with Crippen molar-refractivity contribution in [3.05, 3.63) is 81.5 Å². The molecule has 0 radical (unpaired) electrons. The number of aromatic nitrogens is 4. The van der Waals surface area contributed by atoms with E-state index in [1.165, 1.54) is 9.47 Å². The van der Waals surface area contributed by atoms with Crippen LogP contribution in [-0.4, -0.2) is 87.5 Å². The number of ether oxygens (including phenoxy) is 1. The molecular weight excluding hydrogens is 639 g/mol. The zero-order chi connectivity index (χ0) is 35.2. The lowest BCUT2D eigenvalue weighted by molar-refractivity contribution is -0.107. The second kappa shape index (κ2) is 13.6. The standard InChI is InChI=1S/C37H45FN8O4/c1-24-34(38)29-16-37(2,3)17-32(29)46(24)14-13-45(23-48)35-30(20-47)28(7-8-39-35)25-15-31(36(49)42(4)19-25)41-33-6-5-26(18-40-33)43-9-11-44(12-10-43)27-21-50-22-27/h5-8,15,18-19,23,27,47H,9-14,16-17,20-22H2,1-4H3,(H,40,41). The maximum absolute atomic E-state index is 15.1. The first kappa shape index (κ1) is 33.9. The lowest BCUT2D eigenvalue weighted by Crippen LogP contribution is -2.56. The van der Waals surface area contributed by atoms with Crippen molar-refractivity contribution in [2.24, 2.45) is 12.5 Å². The second-order valence-electron chi connectivity index (χ2n) is 14.4. The second-order valence-corrected chi connectivity index (χ2v) is 14.4. The Hall–Kier alpha value is -4.59. The molecule has 2 N–H and O–H groups in total. The molecular formula is C37H45FN8O4. The van der Waals surface area contributed by atoms with Gasteiger partial charge in [0.2, 0.25) is 6.41 Å². The number of aliphatic hydroxyl groups excluding tert-OH is 1. The summed E-state index contributed by atoms with van der Waals surface area (Å²) < 4.78 is 23.9. The molecule has 1 amide bonds. The highest BCUT2D eigenvalue weighted by molar-refractivity contribution is 5.81. The number of rotatable bonds is 11. The van der Waals surface area contributed by atoms with E-state index in [2.05, 4.69) is 38.9 Å². The molecule has 2 fully saturated rings. The first-order chi connectivity index (χ1) is 24.1. The van der Waals surface area contributed by atoms with Gasteiger partial charge in [0.1, 0.15) is 23.1 Å². The Labute approximate surface area is 291 Å². The van der Waals surface area contributed by atoms with Crippen molar-refractivity contribution < 1.29 is 19.0 Å². The fourth-order valence-electron chi connectivity index (χ4n) is 7.59. The number of aliphatic hydroxyl groups is 1. The SMILES string of the molecule is Cc1c(F)c2c(n1CCN(C=O)c1nccc(-c3cc(Nc4ccc(N5CCN(C6COC6)CC5)cn4)c(=O)n(C)c3)c1CO)CC(C)(C)C2. The summed E-state index contributed by atoms with van der Waals surface area (Å²) in [5.41, 5.74) is 5.12. The topological polar surface area (TPSA) is 121 Å². The van der Waals surface area contributed by atoms with Gasteiger partial charge in [-0.05, 0) is 55.0 Å². The van der Waals surface area contributed by atoms with Crippen molar-refractivity contribution in [1.82, 2.24) is 24.0 Å². The van der Waals surface area contributed by atoms with Gasteiger partial charge in [0.15, 0.2) is 0 Å². The van der Waals surface area contributed by atoms with Crippen molar-refractivity contribution in [3.8, 4) is 11.1 Å². The Kier molecular flexibility index (Phi) is 9.22. The third-order valence-electron chi connectivity index (χ3n) is 10.4. The third kappa shape index (κ3) is 6.40. The number of anilines is 4. The Balaban J connectivity index is 1.09. The van der Waals surface area contributed by atoms with Gasteiger partial charge in [-0.15, -0.1) is 0 Å². The summed E-state index contributed by atoms with van der Waals surface area (Å²) in [6.07, 6.45) is 7.24. The molecule has 13 heteroatoms. The van der Waals surface area contributed by atoms with E-state index in [1.807, 2.05) is 22.9 Å². The molecule has 4 aromatic rings. The molecule has 4 aromatic heterocycles. The molecule has 2 saturated heterocycles.